The first kappa shape index (κ1) is 28.6. The van der Waals surface area contributed by atoms with Crippen molar-refractivity contribution in [2.24, 2.45) is 0 Å². The summed E-state index contributed by atoms with van der Waals surface area (Å²) in [6, 6.07) is 12.0. The predicted molar refractivity (Wildman–Crippen MR) is 150 cm³/mol. The molecule has 0 saturated carbocycles. The molecule has 0 fully saturated rings. The van der Waals surface area contributed by atoms with Crippen molar-refractivity contribution in [2.45, 2.75) is 63.9 Å². The van der Waals surface area contributed by atoms with Crippen LogP contribution in [0, 0.1) is 6.92 Å². The fourth-order valence-electron chi connectivity index (χ4n) is 4.63. The number of hydrogen-bond acceptors (Lipinski definition) is 8. The standard InChI is InChI=1S/C29H36N2O7S/c1-20-8-10-23(11-9-20)39(34,35)36-16-6-15-31-14-5-7-22-17-24-21(12-13-30-28(33)38-29(2,3)4)18-27(32)37-26(24)19-25(22)31/h8-11,17-19H,5-7,12-16H2,1-4H3,(H,30,33). The van der Waals surface area contributed by atoms with Gasteiger partial charge in [-0.05, 0) is 82.7 Å². The maximum absolute atomic E-state index is 12.5. The van der Waals surface area contributed by atoms with Gasteiger partial charge in [0, 0.05) is 42.8 Å². The van der Waals surface area contributed by atoms with Crippen LogP contribution in [0.2, 0.25) is 0 Å². The Balaban J connectivity index is 1.42. The Morgan fingerprint density at radius 2 is 1.87 bits per heavy atom. The predicted octanol–water partition coefficient (Wildman–Crippen LogP) is 4.72. The van der Waals surface area contributed by atoms with Crippen molar-refractivity contribution in [1.82, 2.24) is 5.32 Å². The number of amides is 1. The summed E-state index contributed by atoms with van der Waals surface area (Å²) in [5, 5.41) is 3.58. The van der Waals surface area contributed by atoms with Crippen LogP contribution in [0.3, 0.4) is 0 Å². The molecule has 0 radical (unpaired) electrons. The number of hydrogen-bond donors (Lipinski definition) is 1. The Morgan fingerprint density at radius 3 is 2.59 bits per heavy atom. The molecule has 9 nitrogen and oxygen atoms in total. The van der Waals surface area contributed by atoms with E-state index < -0.39 is 27.4 Å². The highest BCUT2D eigenvalue weighted by molar-refractivity contribution is 7.86. The van der Waals surface area contributed by atoms with E-state index in [-0.39, 0.29) is 11.5 Å². The first-order valence-electron chi connectivity index (χ1n) is 13.2. The van der Waals surface area contributed by atoms with Crippen molar-refractivity contribution in [3.05, 3.63) is 69.6 Å². The van der Waals surface area contributed by atoms with Gasteiger partial charge in [0.1, 0.15) is 11.2 Å². The number of nitrogens with zero attached hydrogens (tertiary/aromatic N) is 1. The summed E-state index contributed by atoms with van der Waals surface area (Å²) in [5.41, 5.74) is 3.33. The molecule has 3 aromatic rings. The third-order valence-corrected chi connectivity index (χ3v) is 7.75. The number of aryl methyl sites for hydroxylation is 2. The fourth-order valence-corrected chi connectivity index (χ4v) is 5.57. The van der Waals surface area contributed by atoms with Crippen molar-refractivity contribution in [2.75, 3.05) is 31.1 Å². The number of anilines is 1. The van der Waals surface area contributed by atoms with E-state index in [0.29, 0.717) is 31.5 Å². The molecule has 1 aliphatic heterocycles. The van der Waals surface area contributed by atoms with Crippen molar-refractivity contribution in [3.63, 3.8) is 0 Å². The summed E-state index contributed by atoms with van der Waals surface area (Å²) in [6.07, 6.45) is 2.31. The van der Waals surface area contributed by atoms with Gasteiger partial charge in [-0.2, -0.15) is 8.42 Å². The van der Waals surface area contributed by atoms with Gasteiger partial charge in [-0.1, -0.05) is 17.7 Å². The topological polar surface area (TPSA) is 115 Å². The fraction of sp³-hybridized carbons (Fsp3) is 0.448. The molecular weight excluding hydrogens is 520 g/mol. The maximum Gasteiger partial charge on any atom is 0.407 e. The smallest absolute Gasteiger partial charge is 0.407 e. The number of ether oxygens (including phenoxy) is 1. The quantitative estimate of drug-likeness (QED) is 0.229. The second-order valence-electron chi connectivity index (χ2n) is 10.8. The lowest BCUT2D eigenvalue weighted by molar-refractivity contribution is 0.0528. The molecule has 2 aromatic carbocycles. The van der Waals surface area contributed by atoms with Crippen LogP contribution in [0.25, 0.3) is 11.0 Å². The highest BCUT2D eigenvalue weighted by atomic mass is 32.2. The summed E-state index contributed by atoms with van der Waals surface area (Å²) in [5.74, 6) is 0. The van der Waals surface area contributed by atoms with Crippen molar-refractivity contribution in [1.29, 1.82) is 0 Å². The van der Waals surface area contributed by atoms with Crippen LogP contribution in [-0.4, -0.2) is 46.4 Å². The second kappa shape index (κ2) is 11.8. The summed E-state index contributed by atoms with van der Waals surface area (Å²) in [7, 11) is -3.80. The average Bonchev–Trinajstić information content (AvgIpc) is 2.85. The number of rotatable bonds is 9. The van der Waals surface area contributed by atoms with Gasteiger partial charge in [0.15, 0.2) is 0 Å². The van der Waals surface area contributed by atoms with Gasteiger partial charge in [0.05, 0.1) is 11.5 Å². The first-order valence-corrected chi connectivity index (χ1v) is 14.6. The average molecular weight is 557 g/mol. The minimum atomic E-state index is -3.80. The largest absolute Gasteiger partial charge is 0.444 e. The number of benzene rings is 2. The summed E-state index contributed by atoms with van der Waals surface area (Å²) >= 11 is 0. The lowest BCUT2D eigenvalue weighted by atomic mass is 9.97. The first-order chi connectivity index (χ1) is 18.4. The molecule has 0 spiro atoms. The Bertz CT molecular complexity index is 1490. The Kier molecular flexibility index (Phi) is 8.66. The van der Waals surface area contributed by atoms with Gasteiger partial charge in [0.25, 0.3) is 10.1 Å². The van der Waals surface area contributed by atoms with Crippen LogP contribution in [-0.2, 0) is 31.9 Å². The SMILES string of the molecule is Cc1ccc(S(=O)(=O)OCCCN2CCCc3cc4c(CCNC(=O)OC(C)(C)C)cc(=O)oc4cc32)cc1. The second-order valence-corrected chi connectivity index (χ2v) is 12.4. The molecule has 0 unspecified atom stereocenters. The van der Waals surface area contributed by atoms with Gasteiger partial charge in [0.2, 0.25) is 0 Å². The highest BCUT2D eigenvalue weighted by Gasteiger charge is 2.21. The number of nitrogens with one attached hydrogen (secondary N) is 1. The summed E-state index contributed by atoms with van der Waals surface area (Å²) in [4.78, 5) is 26.6. The molecule has 10 heteroatoms. The van der Waals surface area contributed by atoms with Gasteiger partial charge in [-0.25, -0.2) is 9.59 Å². The molecule has 0 atom stereocenters. The number of alkyl carbamates (subject to hydrolysis) is 1. The van der Waals surface area contributed by atoms with Crippen LogP contribution < -0.4 is 15.8 Å². The monoisotopic (exact) mass is 556 g/mol. The molecule has 1 N–H and O–H groups in total. The molecule has 1 amide bonds. The number of carbonyl (C=O) groups excluding carboxylic acids is 1. The molecule has 0 saturated heterocycles. The summed E-state index contributed by atoms with van der Waals surface area (Å²) in [6.45, 7) is 9.10. The molecular formula is C29H36N2O7S. The van der Waals surface area contributed by atoms with Gasteiger partial charge < -0.3 is 19.4 Å². The van der Waals surface area contributed by atoms with Crippen molar-refractivity contribution < 1.29 is 26.5 Å². The van der Waals surface area contributed by atoms with Crippen LogP contribution in [0.15, 0.2) is 56.6 Å². The van der Waals surface area contributed by atoms with Gasteiger partial charge in [-0.3, -0.25) is 4.18 Å². The molecule has 0 bridgehead atoms. The summed E-state index contributed by atoms with van der Waals surface area (Å²) < 4.78 is 41.0. The van der Waals surface area contributed by atoms with E-state index in [0.717, 1.165) is 47.2 Å². The number of carbonyl (C=O) groups is 1. The molecule has 39 heavy (non-hydrogen) atoms. The van der Waals surface area contributed by atoms with Crippen LogP contribution >= 0.6 is 0 Å². The van der Waals surface area contributed by atoms with E-state index in [1.165, 1.54) is 6.07 Å². The lowest BCUT2D eigenvalue weighted by Crippen LogP contribution is -2.33. The van der Waals surface area contributed by atoms with Crippen LogP contribution in [0.4, 0.5) is 10.5 Å². The molecule has 210 valence electrons. The minimum Gasteiger partial charge on any atom is -0.444 e. The molecule has 1 aromatic heterocycles. The van der Waals surface area contributed by atoms with E-state index >= 15 is 0 Å². The van der Waals surface area contributed by atoms with E-state index in [2.05, 4.69) is 16.3 Å². The lowest BCUT2D eigenvalue weighted by Gasteiger charge is -2.31. The van der Waals surface area contributed by atoms with E-state index in [1.807, 2.05) is 13.0 Å². The molecule has 0 aliphatic carbocycles. The molecule has 1 aliphatic rings. The van der Waals surface area contributed by atoms with E-state index in [1.54, 1.807) is 45.0 Å². The normalized spacial score (nSPS) is 13.8. The molecule has 2 heterocycles. The van der Waals surface area contributed by atoms with Crippen LogP contribution in [0.5, 0.6) is 0 Å². The Hall–Kier alpha value is -3.37. The third-order valence-electron chi connectivity index (χ3n) is 6.43. The molecule has 4 rings (SSSR count). The maximum atomic E-state index is 12.5. The highest BCUT2D eigenvalue weighted by Crippen LogP contribution is 2.33. The zero-order chi connectivity index (χ0) is 28.2. The zero-order valence-electron chi connectivity index (χ0n) is 22.9. The minimum absolute atomic E-state index is 0.0690. The van der Waals surface area contributed by atoms with E-state index in [4.69, 9.17) is 13.3 Å². The zero-order valence-corrected chi connectivity index (χ0v) is 23.7. The van der Waals surface area contributed by atoms with Crippen LogP contribution in [0.1, 0.15) is 50.3 Å². The van der Waals surface area contributed by atoms with Crippen molar-refractivity contribution >= 4 is 32.9 Å². The third kappa shape index (κ3) is 7.60. The van der Waals surface area contributed by atoms with Gasteiger partial charge >= 0.3 is 11.7 Å². The van der Waals surface area contributed by atoms with E-state index in [9.17, 15) is 18.0 Å². The Morgan fingerprint density at radius 1 is 1.13 bits per heavy atom. The number of fused-ring (bicyclic) bond motifs is 2. The van der Waals surface area contributed by atoms with Gasteiger partial charge in [-0.15, -0.1) is 0 Å². The Labute approximate surface area is 229 Å². The van der Waals surface area contributed by atoms with Crippen molar-refractivity contribution in [3.8, 4) is 0 Å².